The van der Waals surface area contributed by atoms with Crippen LogP contribution in [0.5, 0.6) is 0 Å². The largest absolute Gasteiger partial charge is 0.490 e. The molecule has 1 N–H and O–H groups in total. The molecular formula is C19H23F3N6O3. The number of nitrogens with zero attached hydrogens (tertiary/aromatic N) is 6. The normalized spacial score (nSPS) is 21.8. The third kappa shape index (κ3) is 5.37. The maximum absolute atomic E-state index is 13.1. The van der Waals surface area contributed by atoms with Gasteiger partial charge in [-0.25, -0.2) is 14.8 Å². The van der Waals surface area contributed by atoms with Crippen molar-refractivity contribution in [1.29, 1.82) is 0 Å². The molecule has 1 atom stereocenters. The summed E-state index contributed by atoms with van der Waals surface area (Å²) in [5.41, 5.74) is 1.76. The molecular weight excluding hydrogens is 417 g/mol. The molecule has 1 amide bonds. The highest BCUT2D eigenvalue weighted by Crippen LogP contribution is 2.41. The van der Waals surface area contributed by atoms with Crippen LogP contribution in [0.1, 0.15) is 24.8 Å². The Hall–Kier alpha value is -3.02. The minimum absolute atomic E-state index is 0.230. The SMILES string of the molecule is Cn1cc(CN2CCCC3(CCN(c4cncnc4)C3=O)C2)cn1.O=C(O)C(F)(F)F. The van der Waals surface area contributed by atoms with Crippen molar-refractivity contribution in [2.45, 2.75) is 32.0 Å². The van der Waals surface area contributed by atoms with Gasteiger partial charge >= 0.3 is 12.1 Å². The molecule has 4 heterocycles. The molecule has 2 fully saturated rings. The summed E-state index contributed by atoms with van der Waals surface area (Å²) in [6.45, 7) is 3.48. The lowest BCUT2D eigenvalue weighted by atomic mass is 9.78. The van der Waals surface area contributed by atoms with Gasteiger partial charge in [-0.2, -0.15) is 18.3 Å². The van der Waals surface area contributed by atoms with Crippen molar-refractivity contribution in [3.63, 3.8) is 0 Å². The Bertz CT molecular complexity index is 920. The quantitative estimate of drug-likeness (QED) is 0.777. The van der Waals surface area contributed by atoms with Crippen molar-refractivity contribution in [2.24, 2.45) is 12.5 Å². The fraction of sp³-hybridized carbons (Fsp3) is 0.526. The first-order valence-corrected chi connectivity index (χ1v) is 9.68. The van der Waals surface area contributed by atoms with Crippen LogP contribution in [0.3, 0.4) is 0 Å². The number of anilines is 1. The number of carboxylic acids is 1. The standard InChI is InChI=1S/C17H22N6O.C2HF3O2/c1-21-10-14(7-20-21)11-22-5-2-3-17(12-22)4-6-23(16(17)24)15-8-18-13-19-9-15;3-2(4,5)1(6)7/h7-10,13H,2-6,11-12H2,1H3;(H,6,7). The lowest BCUT2D eigenvalue weighted by molar-refractivity contribution is -0.192. The molecule has 2 aliphatic heterocycles. The molecule has 12 heteroatoms. The topological polar surface area (TPSA) is 104 Å². The maximum Gasteiger partial charge on any atom is 0.490 e. The van der Waals surface area contributed by atoms with E-state index >= 15 is 0 Å². The van der Waals surface area contributed by atoms with Gasteiger partial charge in [-0.05, 0) is 25.8 Å². The summed E-state index contributed by atoms with van der Waals surface area (Å²) in [6, 6.07) is 0. The summed E-state index contributed by atoms with van der Waals surface area (Å²) in [5.74, 6) is -2.53. The van der Waals surface area contributed by atoms with E-state index in [1.54, 1.807) is 12.4 Å². The number of hydrogen-bond donors (Lipinski definition) is 1. The van der Waals surface area contributed by atoms with Crippen LogP contribution >= 0.6 is 0 Å². The number of halogens is 3. The summed E-state index contributed by atoms with van der Waals surface area (Å²) < 4.78 is 33.6. The highest BCUT2D eigenvalue weighted by atomic mass is 19.4. The molecule has 2 aliphatic rings. The third-order valence-electron chi connectivity index (χ3n) is 5.43. The Morgan fingerprint density at radius 2 is 1.87 bits per heavy atom. The molecule has 0 aliphatic carbocycles. The van der Waals surface area contributed by atoms with E-state index in [2.05, 4.69) is 20.0 Å². The summed E-state index contributed by atoms with van der Waals surface area (Å²) in [5, 5.41) is 11.4. The summed E-state index contributed by atoms with van der Waals surface area (Å²) >= 11 is 0. The number of hydrogen-bond acceptors (Lipinski definition) is 6. The maximum atomic E-state index is 13.1. The van der Waals surface area contributed by atoms with E-state index in [1.807, 2.05) is 29.0 Å². The van der Waals surface area contributed by atoms with Crippen LogP contribution < -0.4 is 4.90 Å². The zero-order valence-electron chi connectivity index (χ0n) is 16.9. The van der Waals surface area contributed by atoms with Crippen molar-refractivity contribution < 1.29 is 27.9 Å². The van der Waals surface area contributed by atoms with E-state index in [9.17, 15) is 18.0 Å². The molecule has 1 unspecified atom stereocenters. The smallest absolute Gasteiger partial charge is 0.475 e. The molecule has 0 saturated carbocycles. The molecule has 0 aromatic carbocycles. The van der Waals surface area contributed by atoms with Gasteiger partial charge in [0.2, 0.25) is 5.91 Å². The molecule has 2 aromatic heterocycles. The number of alkyl halides is 3. The molecule has 2 aromatic rings. The Morgan fingerprint density at radius 1 is 1.19 bits per heavy atom. The van der Waals surface area contributed by atoms with E-state index in [-0.39, 0.29) is 11.3 Å². The minimum atomic E-state index is -5.08. The van der Waals surface area contributed by atoms with Crippen molar-refractivity contribution in [3.05, 3.63) is 36.7 Å². The average Bonchev–Trinajstić information content (AvgIpc) is 3.26. The lowest BCUT2D eigenvalue weighted by Crippen LogP contribution is -2.47. The first kappa shape index (κ1) is 22.7. The Labute approximate surface area is 176 Å². The number of amides is 1. The van der Waals surface area contributed by atoms with Crippen LogP contribution in [0, 0.1) is 5.41 Å². The summed E-state index contributed by atoms with van der Waals surface area (Å²) in [4.78, 5) is 34.3. The predicted octanol–water partition coefficient (Wildman–Crippen LogP) is 1.86. The number of likely N-dealkylation sites (tertiary alicyclic amines) is 1. The summed E-state index contributed by atoms with van der Waals surface area (Å²) in [7, 11) is 1.93. The van der Waals surface area contributed by atoms with Gasteiger partial charge in [-0.3, -0.25) is 14.4 Å². The number of carbonyl (C=O) groups is 2. The van der Waals surface area contributed by atoms with E-state index in [4.69, 9.17) is 9.90 Å². The first-order valence-electron chi connectivity index (χ1n) is 9.68. The van der Waals surface area contributed by atoms with Crippen molar-refractivity contribution in [1.82, 2.24) is 24.6 Å². The lowest BCUT2D eigenvalue weighted by Gasteiger charge is -2.38. The molecule has 2 saturated heterocycles. The van der Waals surface area contributed by atoms with E-state index in [0.717, 1.165) is 51.1 Å². The van der Waals surface area contributed by atoms with Crippen LogP contribution in [0.4, 0.5) is 18.9 Å². The molecule has 9 nitrogen and oxygen atoms in total. The van der Waals surface area contributed by atoms with Crippen molar-refractivity contribution in [3.8, 4) is 0 Å². The van der Waals surface area contributed by atoms with Crippen LogP contribution in [0.15, 0.2) is 31.1 Å². The van der Waals surface area contributed by atoms with Crippen molar-refractivity contribution >= 4 is 17.6 Å². The van der Waals surface area contributed by atoms with Gasteiger partial charge in [0.25, 0.3) is 0 Å². The molecule has 0 radical (unpaired) electrons. The number of aliphatic carboxylic acids is 1. The zero-order valence-corrected chi connectivity index (χ0v) is 16.9. The Morgan fingerprint density at radius 3 is 2.45 bits per heavy atom. The highest BCUT2D eigenvalue weighted by Gasteiger charge is 2.49. The predicted molar refractivity (Wildman–Crippen MR) is 103 cm³/mol. The molecule has 168 valence electrons. The van der Waals surface area contributed by atoms with E-state index in [0.29, 0.717) is 0 Å². The fourth-order valence-corrected chi connectivity index (χ4v) is 4.05. The van der Waals surface area contributed by atoms with Crippen LogP contribution in [0.25, 0.3) is 0 Å². The van der Waals surface area contributed by atoms with E-state index in [1.165, 1.54) is 11.9 Å². The summed E-state index contributed by atoms with van der Waals surface area (Å²) in [6.07, 6.45) is 6.75. The fourth-order valence-electron chi connectivity index (χ4n) is 4.05. The zero-order chi connectivity index (χ0) is 22.6. The average molecular weight is 440 g/mol. The van der Waals surface area contributed by atoms with Gasteiger partial charge in [0.05, 0.1) is 29.7 Å². The van der Waals surface area contributed by atoms with E-state index < -0.39 is 12.1 Å². The number of piperidine rings is 1. The monoisotopic (exact) mass is 440 g/mol. The van der Waals surface area contributed by atoms with Gasteiger partial charge in [0.15, 0.2) is 0 Å². The second-order valence-electron chi connectivity index (χ2n) is 7.72. The molecule has 1 spiro atoms. The van der Waals surface area contributed by atoms with Gasteiger partial charge in [-0.1, -0.05) is 0 Å². The number of carbonyl (C=O) groups excluding carboxylic acids is 1. The molecule has 0 bridgehead atoms. The number of aryl methyl sites for hydroxylation is 1. The molecule has 31 heavy (non-hydrogen) atoms. The highest BCUT2D eigenvalue weighted by molar-refractivity contribution is 5.99. The number of carboxylic acid groups (broad SMARTS) is 1. The van der Waals surface area contributed by atoms with Gasteiger partial charge in [0, 0.05) is 38.4 Å². The van der Waals surface area contributed by atoms with Gasteiger partial charge in [0.1, 0.15) is 6.33 Å². The van der Waals surface area contributed by atoms with Gasteiger partial charge < -0.3 is 10.0 Å². The number of rotatable bonds is 3. The molecule has 4 rings (SSSR count). The van der Waals surface area contributed by atoms with Crippen molar-refractivity contribution in [2.75, 3.05) is 24.5 Å². The van der Waals surface area contributed by atoms with Gasteiger partial charge in [-0.15, -0.1) is 0 Å². The Kier molecular flexibility index (Phi) is 6.58. The van der Waals surface area contributed by atoms with Crippen LogP contribution in [-0.2, 0) is 23.2 Å². The minimum Gasteiger partial charge on any atom is -0.475 e. The second kappa shape index (κ2) is 9.00. The first-order chi connectivity index (χ1) is 14.6. The van der Waals surface area contributed by atoms with Crippen LogP contribution in [-0.4, -0.2) is 67.4 Å². The van der Waals surface area contributed by atoms with Crippen LogP contribution in [0.2, 0.25) is 0 Å². The third-order valence-corrected chi connectivity index (χ3v) is 5.43. The second-order valence-corrected chi connectivity index (χ2v) is 7.72. The number of aromatic nitrogens is 4. The Balaban J connectivity index is 0.000000339.